The van der Waals surface area contributed by atoms with Crippen molar-refractivity contribution >= 4 is 49.6 Å². The number of rotatable bonds is 5. The molecule has 0 radical (unpaired) electrons. The molecular formula is C5H10NaO6P. The summed E-state index contributed by atoms with van der Waals surface area (Å²) in [6.07, 6.45) is 0.868. The molecule has 0 amide bonds. The van der Waals surface area contributed by atoms with Crippen molar-refractivity contribution < 1.29 is 28.5 Å². The SMILES string of the molecule is O=CCCCC(=O)OP(=O)(O)O.[NaH]. The van der Waals surface area contributed by atoms with Crippen molar-refractivity contribution in [3.8, 4) is 0 Å². The van der Waals surface area contributed by atoms with Crippen LogP contribution in [0.3, 0.4) is 0 Å². The van der Waals surface area contributed by atoms with Crippen LogP contribution in [0.25, 0.3) is 0 Å². The third kappa shape index (κ3) is 12.3. The molecule has 0 rings (SSSR count). The molecule has 0 aliphatic heterocycles. The first kappa shape index (κ1) is 15.7. The number of phosphoric acid groups is 1. The molecule has 0 aromatic carbocycles. The van der Waals surface area contributed by atoms with E-state index < -0.39 is 13.8 Å². The second-order valence-corrected chi connectivity index (χ2v) is 3.18. The van der Waals surface area contributed by atoms with E-state index in [1.807, 2.05) is 0 Å². The molecule has 0 aromatic heterocycles. The number of hydrogen-bond donors (Lipinski definition) is 2. The molecule has 0 spiro atoms. The normalized spacial score (nSPS) is 10.0. The first-order valence-electron chi connectivity index (χ1n) is 3.17. The van der Waals surface area contributed by atoms with Gasteiger partial charge in [0.25, 0.3) is 0 Å². The summed E-state index contributed by atoms with van der Waals surface area (Å²) in [5.41, 5.74) is 0. The van der Waals surface area contributed by atoms with Gasteiger partial charge in [-0.05, 0) is 6.42 Å². The van der Waals surface area contributed by atoms with Crippen LogP contribution in [0.5, 0.6) is 0 Å². The second-order valence-electron chi connectivity index (χ2n) is 2.01. The van der Waals surface area contributed by atoms with Crippen LogP contribution in [0.4, 0.5) is 0 Å². The van der Waals surface area contributed by atoms with Crippen LogP contribution in [0.2, 0.25) is 0 Å². The zero-order valence-corrected chi connectivity index (χ0v) is 7.07. The van der Waals surface area contributed by atoms with Crippen molar-refractivity contribution in [3.05, 3.63) is 0 Å². The summed E-state index contributed by atoms with van der Waals surface area (Å²) in [6, 6.07) is 0. The van der Waals surface area contributed by atoms with Gasteiger partial charge in [0.05, 0.1) is 0 Å². The molecule has 0 aliphatic carbocycles. The number of aldehydes is 1. The van der Waals surface area contributed by atoms with E-state index in [2.05, 4.69) is 4.52 Å². The Morgan fingerprint density at radius 2 is 2.00 bits per heavy atom. The standard InChI is InChI=1S/C5H9O6P.Na.H/c6-4-2-1-3-5(7)11-12(8,9)10;;/h4H,1-3H2,(H2,8,9,10);;. The van der Waals surface area contributed by atoms with Crippen LogP contribution in [-0.4, -0.2) is 51.6 Å². The van der Waals surface area contributed by atoms with E-state index in [9.17, 15) is 14.2 Å². The van der Waals surface area contributed by atoms with Crippen molar-refractivity contribution in [2.24, 2.45) is 0 Å². The molecule has 0 bridgehead atoms. The van der Waals surface area contributed by atoms with E-state index in [-0.39, 0.29) is 48.8 Å². The molecule has 0 heterocycles. The molecular weight excluding hydrogens is 210 g/mol. The Balaban J connectivity index is 0. The number of carbonyl (C=O) groups is 2. The van der Waals surface area contributed by atoms with Gasteiger partial charge in [0, 0.05) is 12.8 Å². The van der Waals surface area contributed by atoms with Crippen LogP contribution in [0.1, 0.15) is 19.3 Å². The first-order valence-corrected chi connectivity index (χ1v) is 4.70. The Kier molecular flexibility index (Phi) is 9.29. The Morgan fingerprint density at radius 1 is 1.46 bits per heavy atom. The van der Waals surface area contributed by atoms with Crippen molar-refractivity contribution in [1.82, 2.24) is 0 Å². The van der Waals surface area contributed by atoms with Gasteiger partial charge in [-0.1, -0.05) is 0 Å². The quantitative estimate of drug-likeness (QED) is 0.276. The van der Waals surface area contributed by atoms with Crippen LogP contribution in [-0.2, 0) is 18.7 Å². The number of unbranched alkanes of at least 4 members (excludes halogenated alkanes) is 1. The van der Waals surface area contributed by atoms with Gasteiger partial charge in [0.15, 0.2) is 0 Å². The van der Waals surface area contributed by atoms with Gasteiger partial charge in [0.2, 0.25) is 0 Å². The molecule has 0 atom stereocenters. The molecule has 2 N–H and O–H groups in total. The Morgan fingerprint density at radius 3 is 2.38 bits per heavy atom. The Hall–Kier alpha value is 0.290. The fraction of sp³-hybridized carbons (Fsp3) is 0.600. The summed E-state index contributed by atoms with van der Waals surface area (Å²) < 4.78 is 13.8. The molecule has 13 heavy (non-hydrogen) atoms. The van der Waals surface area contributed by atoms with E-state index >= 15 is 0 Å². The van der Waals surface area contributed by atoms with Gasteiger partial charge in [-0.25, -0.2) is 4.57 Å². The summed E-state index contributed by atoms with van der Waals surface area (Å²) in [5, 5.41) is 0. The predicted octanol–water partition coefficient (Wildman–Crippen LogP) is -0.657. The Bertz CT molecular complexity index is 211. The van der Waals surface area contributed by atoms with Crippen molar-refractivity contribution in [2.45, 2.75) is 19.3 Å². The number of carbonyl (C=O) groups excluding carboxylic acids is 2. The first-order chi connectivity index (χ1) is 5.45. The summed E-state index contributed by atoms with van der Waals surface area (Å²) >= 11 is 0. The van der Waals surface area contributed by atoms with Crippen molar-refractivity contribution in [3.63, 3.8) is 0 Å². The van der Waals surface area contributed by atoms with E-state index in [0.29, 0.717) is 6.29 Å². The number of hydrogen-bond acceptors (Lipinski definition) is 4. The summed E-state index contributed by atoms with van der Waals surface area (Å²) in [6.45, 7) is 0. The van der Waals surface area contributed by atoms with Gasteiger partial charge in [-0.2, -0.15) is 0 Å². The number of phosphoric ester groups is 1. The zero-order valence-electron chi connectivity index (χ0n) is 6.17. The van der Waals surface area contributed by atoms with E-state index in [4.69, 9.17) is 9.79 Å². The average Bonchev–Trinajstić information content (AvgIpc) is 1.84. The van der Waals surface area contributed by atoms with Crippen LogP contribution in [0, 0.1) is 0 Å². The van der Waals surface area contributed by atoms with E-state index in [1.165, 1.54) is 0 Å². The molecule has 0 fully saturated rings. The molecule has 0 aromatic rings. The zero-order chi connectivity index (χ0) is 9.61. The van der Waals surface area contributed by atoms with Crippen LogP contribution < -0.4 is 0 Å². The molecule has 72 valence electrons. The van der Waals surface area contributed by atoms with Gasteiger partial charge >= 0.3 is 43.3 Å². The van der Waals surface area contributed by atoms with Gasteiger partial charge < -0.3 is 9.32 Å². The van der Waals surface area contributed by atoms with Crippen molar-refractivity contribution in [1.29, 1.82) is 0 Å². The molecule has 0 unspecified atom stereocenters. The van der Waals surface area contributed by atoms with Gasteiger partial charge in [-0.15, -0.1) is 0 Å². The third-order valence-electron chi connectivity index (χ3n) is 0.924. The predicted molar refractivity (Wildman–Crippen MR) is 45.2 cm³/mol. The molecule has 0 saturated heterocycles. The molecule has 0 saturated carbocycles. The van der Waals surface area contributed by atoms with Crippen molar-refractivity contribution in [2.75, 3.05) is 0 Å². The fourth-order valence-corrected chi connectivity index (χ4v) is 0.865. The topological polar surface area (TPSA) is 101 Å². The molecule has 0 aliphatic rings. The van der Waals surface area contributed by atoms with Crippen LogP contribution >= 0.6 is 7.82 Å². The fourth-order valence-electron chi connectivity index (χ4n) is 0.508. The molecule has 8 heteroatoms. The summed E-state index contributed by atoms with van der Waals surface area (Å²) in [7, 11) is -4.71. The van der Waals surface area contributed by atoms with Gasteiger partial charge in [0.1, 0.15) is 6.29 Å². The summed E-state index contributed by atoms with van der Waals surface area (Å²) in [4.78, 5) is 36.6. The minimum atomic E-state index is -4.71. The monoisotopic (exact) mass is 220 g/mol. The molecule has 6 nitrogen and oxygen atoms in total. The van der Waals surface area contributed by atoms with E-state index in [0.717, 1.165) is 0 Å². The second kappa shape index (κ2) is 7.67. The van der Waals surface area contributed by atoms with E-state index in [1.54, 1.807) is 0 Å². The Labute approximate surface area is 97.2 Å². The van der Waals surface area contributed by atoms with Gasteiger partial charge in [-0.3, -0.25) is 14.6 Å². The van der Waals surface area contributed by atoms with Crippen LogP contribution in [0.15, 0.2) is 0 Å². The summed E-state index contributed by atoms with van der Waals surface area (Å²) in [5.74, 6) is -0.995. The maximum absolute atomic E-state index is 10.5. The average molecular weight is 220 g/mol. The minimum absolute atomic E-state index is 0. The third-order valence-corrected chi connectivity index (χ3v) is 1.37. The maximum atomic E-state index is 10.5.